The second-order valence-corrected chi connectivity index (χ2v) is 4.99. The number of aliphatic imine (C=N–C) groups is 1. The van der Waals surface area contributed by atoms with Gasteiger partial charge in [-0.2, -0.15) is 0 Å². The largest absolute Gasteiger partial charge is 0.481 e. The van der Waals surface area contributed by atoms with Crippen LogP contribution in [0.15, 0.2) is 29.8 Å². The molecule has 0 aliphatic heterocycles. The molecule has 0 aromatic heterocycles. The minimum absolute atomic E-state index is 0.753. The first-order valence-corrected chi connectivity index (χ1v) is 5.98. The van der Waals surface area contributed by atoms with Crippen LogP contribution >= 0.6 is 0 Å². The second kappa shape index (κ2) is 5.65. The number of aliphatic carboxylic acids is 1. The molecule has 1 aromatic rings. The first kappa shape index (κ1) is 14.9. The van der Waals surface area contributed by atoms with Gasteiger partial charge >= 0.3 is 5.97 Å². The third kappa shape index (κ3) is 3.41. The normalized spacial score (nSPS) is 11.5. The van der Waals surface area contributed by atoms with Gasteiger partial charge in [0, 0.05) is 5.56 Å². The van der Waals surface area contributed by atoms with E-state index in [1.54, 1.807) is 32.1 Å². The van der Waals surface area contributed by atoms with Crippen molar-refractivity contribution < 1.29 is 9.90 Å². The number of nitrogens with zero attached hydrogens (tertiary/aromatic N) is 1. The second-order valence-electron chi connectivity index (χ2n) is 4.99. The van der Waals surface area contributed by atoms with Crippen LogP contribution in [-0.2, 0) is 4.79 Å². The van der Waals surface area contributed by atoms with E-state index in [1.165, 1.54) is 0 Å². The van der Waals surface area contributed by atoms with E-state index >= 15 is 0 Å². The number of hydrogen-bond donors (Lipinski definition) is 1. The monoisotopic (exact) mass is 257 g/mol. The Hall–Kier alpha value is -2.16. The molecule has 0 radical (unpaired) electrons. The summed E-state index contributed by atoms with van der Waals surface area (Å²) in [5, 5.41) is 9.06. The van der Waals surface area contributed by atoms with E-state index < -0.39 is 11.4 Å². The van der Waals surface area contributed by atoms with Crippen LogP contribution in [0.4, 0.5) is 5.69 Å². The highest BCUT2D eigenvalue weighted by Crippen LogP contribution is 2.27. The molecule has 0 saturated carbocycles. The van der Waals surface area contributed by atoms with Gasteiger partial charge < -0.3 is 5.11 Å². The van der Waals surface area contributed by atoms with E-state index in [9.17, 15) is 4.79 Å². The lowest BCUT2D eigenvalue weighted by atomic mass is 9.92. The molecule has 3 nitrogen and oxygen atoms in total. The Bertz CT molecular complexity index is 554. The summed E-state index contributed by atoms with van der Waals surface area (Å²) in [4.78, 5) is 15.0. The molecule has 0 aliphatic carbocycles. The molecule has 100 valence electrons. The van der Waals surface area contributed by atoms with E-state index in [1.807, 2.05) is 19.1 Å². The summed E-state index contributed by atoms with van der Waals surface area (Å²) >= 11 is 0. The first-order chi connectivity index (χ1) is 8.81. The molecule has 0 saturated heterocycles. The Balaban J connectivity index is 3.21. The predicted molar refractivity (Wildman–Crippen MR) is 80.9 cm³/mol. The Labute approximate surface area is 114 Å². The van der Waals surface area contributed by atoms with E-state index in [0.29, 0.717) is 0 Å². The smallest absolute Gasteiger partial charge is 0.312 e. The fourth-order valence-corrected chi connectivity index (χ4v) is 1.68. The summed E-state index contributed by atoms with van der Waals surface area (Å²) in [6.45, 7) is 12.6. The molecule has 0 bridgehead atoms. The van der Waals surface area contributed by atoms with Gasteiger partial charge in [-0.3, -0.25) is 9.79 Å². The van der Waals surface area contributed by atoms with Crippen LogP contribution in [-0.4, -0.2) is 17.8 Å². The Morgan fingerprint density at radius 1 is 1.42 bits per heavy atom. The van der Waals surface area contributed by atoms with Gasteiger partial charge in [0.2, 0.25) is 0 Å². The maximum Gasteiger partial charge on any atom is 0.312 e. The van der Waals surface area contributed by atoms with Gasteiger partial charge in [0.05, 0.1) is 11.1 Å². The van der Waals surface area contributed by atoms with Gasteiger partial charge in [-0.15, -0.1) is 0 Å². The number of benzene rings is 1. The molecule has 1 rings (SSSR count). The molecular weight excluding hydrogens is 238 g/mol. The van der Waals surface area contributed by atoms with Crippen LogP contribution in [0.5, 0.6) is 0 Å². The van der Waals surface area contributed by atoms with Crippen LogP contribution in [0.2, 0.25) is 0 Å². The molecule has 0 amide bonds. The summed E-state index contributed by atoms with van der Waals surface area (Å²) in [5.41, 5.74) is 2.74. The van der Waals surface area contributed by atoms with Gasteiger partial charge in [0.15, 0.2) is 0 Å². The average Bonchev–Trinajstić information content (AvgIpc) is 2.35. The molecule has 3 heteroatoms. The van der Waals surface area contributed by atoms with Crippen molar-refractivity contribution in [2.45, 2.75) is 20.8 Å². The van der Waals surface area contributed by atoms with Crippen molar-refractivity contribution >= 4 is 30.5 Å². The lowest BCUT2D eigenvalue weighted by molar-refractivity contribution is -0.144. The Morgan fingerprint density at radius 2 is 2.05 bits per heavy atom. The fourth-order valence-electron chi connectivity index (χ4n) is 1.68. The van der Waals surface area contributed by atoms with Gasteiger partial charge in [-0.05, 0) is 44.7 Å². The summed E-state index contributed by atoms with van der Waals surface area (Å²) in [6, 6.07) is 3.84. The van der Waals surface area contributed by atoms with Crippen molar-refractivity contribution in [3.63, 3.8) is 0 Å². The van der Waals surface area contributed by atoms with E-state index in [2.05, 4.69) is 18.3 Å². The molecule has 19 heavy (non-hydrogen) atoms. The zero-order valence-electron chi connectivity index (χ0n) is 11.6. The van der Waals surface area contributed by atoms with E-state index in [-0.39, 0.29) is 0 Å². The number of carboxylic acid groups (broad SMARTS) is 1. The molecule has 0 fully saturated rings. The van der Waals surface area contributed by atoms with Crippen molar-refractivity contribution in [3.8, 4) is 0 Å². The van der Waals surface area contributed by atoms with Gasteiger partial charge in [-0.1, -0.05) is 30.9 Å². The summed E-state index contributed by atoms with van der Waals surface area (Å²) < 4.78 is 0. The Morgan fingerprint density at radius 3 is 2.53 bits per heavy atom. The van der Waals surface area contributed by atoms with Gasteiger partial charge in [0.25, 0.3) is 0 Å². The Kier molecular flexibility index (Phi) is 4.43. The van der Waals surface area contributed by atoms with E-state index in [4.69, 9.17) is 5.11 Å². The summed E-state index contributed by atoms with van der Waals surface area (Å²) in [7, 11) is 0. The van der Waals surface area contributed by atoms with Gasteiger partial charge in [0.1, 0.15) is 0 Å². The number of carbonyl (C=O) groups is 1. The lowest BCUT2D eigenvalue weighted by Crippen LogP contribution is -2.20. The topological polar surface area (TPSA) is 49.7 Å². The molecule has 0 spiro atoms. The molecule has 0 unspecified atom stereocenters. The molecule has 0 aliphatic rings. The zero-order chi connectivity index (χ0) is 14.6. The van der Waals surface area contributed by atoms with Crippen LogP contribution in [0, 0.1) is 12.3 Å². The van der Waals surface area contributed by atoms with Crippen LogP contribution < -0.4 is 0 Å². The zero-order valence-corrected chi connectivity index (χ0v) is 11.6. The lowest BCUT2D eigenvalue weighted by Gasteiger charge is -2.13. The third-order valence-electron chi connectivity index (χ3n) is 3.01. The van der Waals surface area contributed by atoms with Crippen molar-refractivity contribution in [2.24, 2.45) is 10.4 Å². The predicted octanol–water partition coefficient (Wildman–Crippen LogP) is 4.09. The van der Waals surface area contributed by atoms with Crippen molar-refractivity contribution in [3.05, 3.63) is 41.5 Å². The fraction of sp³-hybridized carbons (Fsp3) is 0.250. The quantitative estimate of drug-likeness (QED) is 0.807. The van der Waals surface area contributed by atoms with Crippen molar-refractivity contribution in [2.75, 3.05) is 0 Å². The highest BCUT2D eigenvalue weighted by atomic mass is 16.4. The SMILES string of the molecule is C=Cc1c(C)cc(C=CC(C)(C)C(=O)O)cc1N=C. The number of carboxylic acids is 1. The van der Waals surface area contributed by atoms with Gasteiger partial charge in [-0.25, -0.2) is 0 Å². The maximum atomic E-state index is 11.0. The first-order valence-electron chi connectivity index (χ1n) is 5.98. The highest BCUT2D eigenvalue weighted by Gasteiger charge is 2.23. The highest BCUT2D eigenvalue weighted by molar-refractivity contribution is 5.78. The summed E-state index contributed by atoms with van der Waals surface area (Å²) in [6.07, 6.45) is 5.21. The number of rotatable bonds is 5. The molecular formula is C16H19NO2. The summed E-state index contributed by atoms with van der Waals surface area (Å²) in [5.74, 6) is -0.856. The van der Waals surface area contributed by atoms with Crippen molar-refractivity contribution in [1.29, 1.82) is 0 Å². The average molecular weight is 257 g/mol. The van der Waals surface area contributed by atoms with Crippen LogP contribution in [0.25, 0.3) is 12.2 Å². The minimum atomic E-state index is -0.896. The number of hydrogen-bond acceptors (Lipinski definition) is 2. The minimum Gasteiger partial charge on any atom is -0.481 e. The molecule has 0 heterocycles. The van der Waals surface area contributed by atoms with Crippen LogP contribution in [0.1, 0.15) is 30.5 Å². The van der Waals surface area contributed by atoms with Crippen molar-refractivity contribution in [1.82, 2.24) is 0 Å². The number of aryl methyl sites for hydroxylation is 1. The standard InChI is InChI=1S/C16H19NO2/c1-6-13-11(2)9-12(10-14(13)17-5)7-8-16(3,4)15(18)19/h6-10H,1,5H2,2-4H3,(H,18,19). The molecule has 1 N–H and O–H groups in total. The third-order valence-corrected chi connectivity index (χ3v) is 3.01. The molecule has 0 atom stereocenters. The molecule has 1 aromatic carbocycles. The van der Waals surface area contributed by atoms with E-state index in [0.717, 1.165) is 22.4 Å². The van der Waals surface area contributed by atoms with Crippen LogP contribution in [0.3, 0.4) is 0 Å². The maximum absolute atomic E-state index is 11.0.